The normalized spacial score (nSPS) is 19.5. The molecule has 3 nitrogen and oxygen atoms in total. The largest absolute Gasteiger partial charge is 0.275 e. The Morgan fingerprint density at radius 1 is 1.64 bits per heavy atom. The van der Waals surface area contributed by atoms with Crippen molar-refractivity contribution in [3.8, 4) is 0 Å². The Bertz CT molecular complexity index is 163. The molecule has 3 heteroatoms. The predicted octanol–water partition coefficient (Wildman–Crippen LogP) is 1.20. The van der Waals surface area contributed by atoms with Crippen LogP contribution in [0.1, 0.15) is 26.2 Å². The minimum absolute atomic E-state index is 0.0764. The number of nitrogens with zero attached hydrogens (tertiary/aromatic N) is 1. The Morgan fingerprint density at radius 2 is 2.18 bits per heavy atom. The Morgan fingerprint density at radius 3 is 2.55 bits per heavy atom. The maximum atomic E-state index is 11.2. The van der Waals surface area contributed by atoms with E-state index in [0.717, 1.165) is 0 Å². The Balaban J connectivity index is 2.31. The van der Waals surface area contributed by atoms with Crippen LogP contribution in [0.2, 0.25) is 0 Å². The van der Waals surface area contributed by atoms with Gasteiger partial charge in [-0.3, -0.25) is 9.63 Å². The maximum Gasteiger partial charge on any atom is 0.246 e. The molecule has 0 aliphatic heterocycles. The third-order valence-corrected chi connectivity index (χ3v) is 2.31. The van der Waals surface area contributed by atoms with Crippen LogP contribution in [-0.4, -0.2) is 25.1 Å². The fourth-order valence-electron chi connectivity index (χ4n) is 0.968. The van der Waals surface area contributed by atoms with Gasteiger partial charge in [0.05, 0.1) is 7.11 Å². The predicted molar refractivity (Wildman–Crippen MR) is 41.7 cm³/mol. The van der Waals surface area contributed by atoms with Gasteiger partial charge in [0.25, 0.3) is 0 Å². The average molecular weight is 157 g/mol. The van der Waals surface area contributed by atoms with E-state index in [1.807, 2.05) is 0 Å². The SMILES string of the molecule is CON(C)C(=O)CC1(C)CC1. The number of hydroxylamine groups is 2. The Kier molecular flexibility index (Phi) is 2.18. The van der Waals surface area contributed by atoms with Gasteiger partial charge in [0.15, 0.2) is 0 Å². The van der Waals surface area contributed by atoms with E-state index >= 15 is 0 Å². The molecule has 1 amide bonds. The van der Waals surface area contributed by atoms with Gasteiger partial charge in [-0.1, -0.05) is 6.92 Å². The van der Waals surface area contributed by atoms with Crippen molar-refractivity contribution in [3.63, 3.8) is 0 Å². The molecule has 0 spiro atoms. The third-order valence-electron chi connectivity index (χ3n) is 2.31. The standard InChI is InChI=1S/C8H15NO2/c1-8(4-5-8)6-7(10)9(2)11-3/h4-6H2,1-3H3. The Hall–Kier alpha value is -0.570. The monoisotopic (exact) mass is 157 g/mol. The van der Waals surface area contributed by atoms with Crippen LogP contribution in [0, 0.1) is 5.41 Å². The van der Waals surface area contributed by atoms with Gasteiger partial charge in [0.1, 0.15) is 0 Å². The molecule has 0 bridgehead atoms. The second kappa shape index (κ2) is 2.81. The highest BCUT2D eigenvalue weighted by molar-refractivity contribution is 5.75. The summed E-state index contributed by atoms with van der Waals surface area (Å²) in [4.78, 5) is 16.0. The molecule has 1 fully saturated rings. The van der Waals surface area contributed by atoms with E-state index in [9.17, 15) is 4.79 Å². The van der Waals surface area contributed by atoms with Crippen LogP contribution in [0.4, 0.5) is 0 Å². The van der Waals surface area contributed by atoms with Crippen LogP contribution in [0.5, 0.6) is 0 Å². The first-order valence-electron chi connectivity index (χ1n) is 3.88. The van der Waals surface area contributed by atoms with Gasteiger partial charge in [-0.25, -0.2) is 5.06 Å². The number of amides is 1. The molecular formula is C8H15NO2. The topological polar surface area (TPSA) is 29.5 Å². The molecule has 0 aromatic carbocycles. The summed E-state index contributed by atoms with van der Waals surface area (Å²) in [6, 6.07) is 0. The van der Waals surface area contributed by atoms with Crippen LogP contribution in [0.3, 0.4) is 0 Å². The van der Waals surface area contributed by atoms with E-state index in [0.29, 0.717) is 6.42 Å². The summed E-state index contributed by atoms with van der Waals surface area (Å²) >= 11 is 0. The second-order valence-electron chi connectivity index (χ2n) is 3.56. The zero-order chi connectivity index (χ0) is 8.48. The lowest BCUT2D eigenvalue weighted by molar-refractivity contribution is -0.169. The molecule has 1 aliphatic rings. The quantitative estimate of drug-likeness (QED) is 0.576. The molecule has 0 aromatic rings. The van der Waals surface area contributed by atoms with E-state index in [2.05, 4.69) is 6.92 Å². The highest BCUT2D eigenvalue weighted by Gasteiger charge is 2.39. The summed E-state index contributed by atoms with van der Waals surface area (Å²) in [5, 5.41) is 1.30. The second-order valence-corrected chi connectivity index (χ2v) is 3.56. The van der Waals surface area contributed by atoms with E-state index in [-0.39, 0.29) is 11.3 Å². The van der Waals surface area contributed by atoms with Gasteiger partial charge < -0.3 is 0 Å². The van der Waals surface area contributed by atoms with Gasteiger partial charge in [0, 0.05) is 13.5 Å². The molecule has 11 heavy (non-hydrogen) atoms. The molecule has 1 saturated carbocycles. The van der Waals surface area contributed by atoms with Crippen molar-refractivity contribution in [1.82, 2.24) is 5.06 Å². The molecule has 0 aromatic heterocycles. The molecule has 1 aliphatic carbocycles. The smallest absolute Gasteiger partial charge is 0.246 e. The van der Waals surface area contributed by atoms with Crippen LogP contribution in [-0.2, 0) is 9.63 Å². The summed E-state index contributed by atoms with van der Waals surface area (Å²) in [5.74, 6) is 0.0764. The van der Waals surface area contributed by atoms with E-state index < -0.39 is 0 Å². The van der Waals surface area contributed by atoms with Gasteiger partial charge in [-0.05, 0) is 18.3 Å². The average Bonchev–Trinajstić information content (AvgIpc) is 2.66. The van der Waals surface area contributed by atoms with Gasteiger partial charge >= 0.3 is 0 Å². The molecule has 0 unspecified atom stereocenters. The number of carbonyl (C=O) groups is 1. The summed E-state index contributed by atoms with van der Waals surface area (Å²) in [7, 11) is 3.15. The van der Waals surface area contributed by atoms with Crippen molar-refractivity contribution in [3.05, 3.63) is 0 Å². The molecule has 64 valence electrons. The first-order valence-corrected chi connectivity index (χ1v) is 3.88. The molecular weight excluding hydrogens is 142 g/mol. The molecule has 0 radical (unpaired) electrons. The lowest BCUT2D eigenvalue weighted by Crippen LogP contribution is -2.27. The lowest BCUT2D eigenvalue weighted by atomic mass is 10.1. The summed E-state index contributed by atoms with van der Waals surface area (Å²) in [6.45, 7) is 2.13. The third kappa shape index (κ3) is 2.19. The van der Waals surface area contributed by atoms with E-state index in [1.165, 1.54) is 25.0 Å². The molecule has 0 saturated heterocycles. The van der Waals surface area contributed by atoms with Crippen molar-refractivity contribution in [2.45, 2.75) is 26.2 Å². The summed E-state index contributed by atoms with van der Waals surface area (Å²) in [5.41, 5.74) is 0.282. The lowest BCUT2D eigenvalue weighted by Gasteiger charge is -2.15. The summed E-state index contributed by atoms with van der Waals surface area (Å²) in [6.07, 6.45) is 2.98. The van der Waals surface area contributed by atoms with Crippen LogP contribution in [0.25, 0.3) is 0 Å². The van der Waals surface area contributed by atoms with Crippen molar-refractivity contribution in [1.29, 1.82) is 0 Å². The number of carbonyl (C=O) groups excluding carboxylic acids is 1. The van der Waals surface area contributed by atoms with Crippen LogP contribution in [0.15, 0.2) is 0 Å². The fraction of sp³-hybridized carbons (Fsp3) is 0.875. The molecule has 0 atom stereocenters. The summed E-state index contributed by atoms with van der Waals surface area (Å²) < 4.78 is 0. The van der Waals surface area contributed by atoms with Gasteiger partial charge in [-0.15, -0.1) is 0 Å². The number of rotatable bonds is 3. The first kappa shape index (κ1) is 8.53. The molecule has 1 rings (SSSR count). The highest BCUT2D eigenvalue weighted by Crippen LogP contribution is 2.48. The van der Waals surface area contributed by atoms with Crippen molar-refractivity contribution < 1.29 is 9.63 Å². The zero-order valence-electron chi connectivity index (χ0n) is 7.39. The zero-order valence-corrected chi connectivity index (χ0v) is 7.39. The minimum Gasteiger partial charge on any atom is -0.275 e. The van der Waals surface area contributed by atoms with E-state index in [4.69, 9.17) is 4.84 Å². The minimum atomic E-state index is 0.0764. The highest BCUT2D eigenvalue weighted by atomic mass is 16.7. The van der Waals surface area contributed by atoms with Gasteiger partial charge in [-0.2, -0.15) is 0 Å². The fourth-order valence-corrected chi connectivity index (χ4v) is 0.968. The number of hydrogen-bond acceptors (Lipinski definition) is 2. The van der Waals surface area contributed by atoms with Crippen LogP contribution >= 0.6 is 0 Å². The van der Waals surface area contributed by atoms with Crippen molar-refractivity contribution in [2.24, 2.45) is 5.41 Å². The Labute approximate surface area is 67.3 Å². The van der Waals surface area contributed by atoms with E-state index in [1.54, 1.807) is 7.05 Å². The molecule has 0 heterocycles. The van der Waals surface area contributed by atoms with Gasteiger partial charge in [0.2, 0.25) is 5.91 Å². The maximum absolute atomic E-state index is 11.2. The molecule has 0 N–H and O–H groups in total. The van der Waals surface area contributed by atoms with Crippen molar-refractivity contribution >= 4 is 5.91 Å². The number of hydrogen-bond donors (Lipinski definition) is 0. The first-order chi connectivity index (χ1) is 5.07. The van der Waals surface area contributed by atoms with Crippen molar-refractivity contribution in [2.75, 3.05) is 14.2 Å². The van der Waals surface area contributed by atoms with Crippen LogP contribution < -0.4 is 0 Å².